The van der Waals surface area contributed by atoms with E-state index in [0.29, 0.717) is 35.3 Å². The van der Waals surface area contributed by atoms with Gasteiger partial charge in [-0.25, -0.2) is 0 Å². The zero-order chi connectivity index (χ0) is 30.3. The average Bonchev–Trinajstić information content (AvgIpc) is 3.67. The Kier molecular flexibility index (Phi) is 9.46. The van der Waals surface area contributed by atoms with Gasteiger partial charge < -0.3 is 28.8 Å². The van der Waals surface area contributed by atoms with Crippen LogP contribution < -0.4 is 19.5 Å². The molecule has 0 saturated carbocycles. The Balaban J connectivity index is 1.63. The van der Waals surface area contributed by atoms with E-state index in [1.54, 1.807) is 63.8 Å². The maximum Gasteiger partial charge on any atom is 0.251 e. The number of tetrazole rings is 1. The van der Waals surface area contributed by atoms with Crippen LogP contribution in [0, 0.1) is 0 Å². The minimum Gasteiger partial charge on any atom is -0.497 e. The highest BCUT2D eigenvalue weighted by atomic mass is 16.5. The second-order valence-electron chi connectivity index (χ2n) is 10.6. The standard InChI is InChI=1S/C30H36N6O6/c1-30(2,3)31-29(38)27(24-8-7-17-42-24)35(16-15-20-9-14-23(40-5)25(18-20)41-6)26(37)19-36-33-28(32-34-36)21-10-12-22(39-4)13-11-21/h7-14,17-18,27H,15-16,19H2,1-6H3,(H,31,38). The van der Waals surface area contributed by atoms with Crippen molar-refractivity contribution in [3.63, 3.8) is 0 Å². The van der Waals surface area contributed by atoms with Crippen LogP contribution in [0.5, 0.6) is 17.2 Å². The summed E-state index contributed by atoms with van der Waals surface area (Å²) < 4.78 is 21.7. The van der Waals surface area contributed by atoms with E-state index >= 15 is 0 Å². The lowest BCUT2D eigenvalue weighted by Crippen LogP contribution is -2.50. The molecule has 2 amide bonds. The van der Waals surface area contributed by atoms with Gasteiger partial charge in [-0.15, -0.1) is 10.2 Å². The third-order valence-electron chi connectivity index (χ3n) is 6.36. The van der Waals surface area contributed by atoms with Crippen LogP contribution in [0.25, 0.3) is 11.4 Å². The molecule has 0 aliphatic carbocycles. The Bertz CT molecular complexity index is 1480. The second kappa shape index (κ2) is 13.2. The molecule has 12 heteroatoms. The summed E-state index contributed by atoms with van der Waals surface area (Å²) in [7, 11) is 4.72. The fourth-order valence-corrected chi connectivity index (χ4v) is 4.37. The number of methoxy groups -OCH3 is 3. The molecule has 0 spiro atoms. The lowest BCUT2D eigenvalue weighted by atomic mass is 10.0. The quantitative estimate of drug-likeness (QED) is 0.268. The largest absolute Gasteiger partial charge is 0.497 e. The first kappa shape index (κ1) is 30.1. The van der Waals surface area contributed by atoms with E-state index in [1.165, 1.54) is 16.0 Å². The van der Waals surface area contributed by atoms with E-state index in [-0.39, 0.29) is 24.9 Å². The number of nitrogens with one attached hydrogen (secondary N) is 1. The van der Waals surface area contributed by atoms with Crippen LogP contribution in [-0.2, 0) is 22.6 Å². The van der Waals surface area contributed by atoms with Crippen LogP contribution in [0.4, 0.5) is 0 Å². The maximum atomic E-state index is 13.9. The lowest BCUT2D eigenvalue weighted by Gasteiger charge is -2.32. The minimum absolute atomic E-state index is 0.192. The Morgan fingerprint density at radius 2 is 1.74 bits per heavy atom. The van der Waals surface area contributed by atoms with E-state index in [4.69, 9.17) is 18.6 Å². The molecular formula is C30H36N6O6. The van der Waals surface area contributed by atoms with Crippen LogP contribution >= 0.6 is 0 Å². The summed E-state index contributed by atoms with van der Waals surface area (Å²) in [4.78, 5) is 30.2. The second-order valence-corrected chi connectivity index (χ2v) is 10.6. The zero-order valence-electron chi connectivity index (χ0n) is 24.7. The summed E-state index contributed by atoms with van der Waals surface area (Å²) in [6.45, 7) is 5.58. The number of rotatable bonds is 12. The molecule has 1 unspecified atom stereocenters. The molecule has 1 N–H and O–H groups in total. The number of benzene rings is 2. The number of aromatic nitrogens is 4. The Morgan fingerprint density at radius 1 is 1.00 bits per heavy atom. The molecule has 222 valence electrons. The first-order valence-electron chi connectivity index (χ1n) is 13.4. The number of furan rings is 1. The first-order valence-corrected chi connectivity index (χ1v) is 13.4. The topological polar surface area (TPSA) is 134 Å². The molecule has 0 aliphatic rings. The number of amides is 2. The van der Waals surface area contributed by atoms with Crippen LogP contribution in [0.2, 0.25) is 0 Å². The fourth-order valence-electron chi connectivity index (χ4n) is 4.37. The van der Waals surface area contributed by atoms with E-state index in [1.807, 2.05) is 32.9 Å². The Hall–Kier alpha value is -4.87. The molecule has 4 aromatic rings. The summed E-state index contributed by atoms with van der Waals surface area (Å²) in [5, 5.41) is 15.6. The van der Waals surface area contributed by atoms with Crippen LogP contribution in [0.3, 0.4) is 0 Å². The number of carbonyl (C=O) groups is 2. The molecule has 0 fully saturated rings. The van der Waals surface area contributed by atoms with Gasteiger partial charge in [0.05, 0.1) is 27.6 Å². The van der Waals surface area contributed by atoms with Gasteiger partial charge in [-0.05, 0) is 86.5 Å². The SMILES string of the molecule is COc1ccc(-c2nnn(CC(=O)N(CCc3ccc(OC)c(OC)c3)C(C(=O)NC(C)(C)C)c3ccco3)n2)cc1. The molecule has 2 aromatic heterocycles. The number of nitrogens with zero attached hydrogens (tertiary/aromatic N) is 5. The fraction of sp³-hybridized carbons (Fsp3) is 0.367. The molecular weight excluding hydrogens is 540 g/mol. The van der Waals surface area contributed by atoms with Crippen molar-refractivity contribution < 1.29 is 28.2 Å². The predicted octanol–water partition coefficient (Wildman–Crippen LogP) is 3.69. The number of hydrogen-bond donors (Lipinski definition) is 1. The predicted molar refractivity (Wildman–Crippen MR) is 154 cm³/mol. The van der Waals surface area contributed by atoms with Gasteiger partial charge in [-0.1, -0.05) is 6.07 Å². The van der Waals surface area contributed by atoms with Crippen LogP contribution in [0.15, 0.2) is 65.3 Å². The molecule has 1 atom stereocenters. The van der Waals surface area contributed by atoms with Crippen molar-refractivity contribution in [3.05, 3.63) is 72.2 Å². The van der Waals surface area contributed by atoms with E-state index in [0.717, 1.165) is 11.1 Å². The van der Waals surface area contributed by atoms with Crippen molar-refractivity contribution in [2.45, 2.75) is 45.3 Å². The molecule has 4 rings (SSSR count). The molecule has 2 aromatic carbocycles. The van der Waals surface area contributed by atoms with E-state index < -0.39 is 11.6 Å². The van der Waals surface area contributed by atoms with Crippen molar-refractivity contribution in [3.8, 4) is 28.6 Å². The van der Waals surface area contributed by atoms with Gasteiger partial charge >= 0.3 is 0 Å². The van der Waals surface area contributed by atoms with Gasteiger partial charge in [0.2, 0.25) is 11.7 Å². The molecule has 42 heavy (non-hydrogen) atoms. The average molecular weight is 577 g/mol. The van der Waals surface area contributed by atoms with Gasteiger partial charge in [0.25, 0.3) is 5.91 Å². The highest BCUT2D eigenvalue weighted by Gasteiger charge is 2.35. The Morgan fingerprint density at radius 3 is 2.36 bits per heavy atom. The Labute approximate surface area is 244 Å². The van der Waals surface area contributed by atoms with Gasteiger partial charge in [0, 0.05) is 17.6 Å². The van der Waals surface area contributed by atoms with Crippen molar-refractivity contribution in [2.75, 3.05) is 27.9 Å². The smallest absolute Gasteiger partial charge is 0.251 e. The monoisotopic (exact) mass is 576 g/mol. The van der Waals surface area contributed by atoms with Crippen molar-refractivity contribution >= 4 is 11.8 Å². The van der Waals surface area contributed by atoms with Crippen LogP contribution in [-0.4, -0.2) is 70.3 Å². The van der Waals surface area contributed by atoms with Gasteiger partial charge in [-0.2, -0.15) is 4.80 Å². The summed E-state index contributed by atoms with van der Waals surface area (Å²) >= 11 is 0. The lowest BCUT2D eigenvalue weighted by molar-refractivity contribution is -0.143. The van der Waals surface area contributed by atoms with Crippen molar-refractivity contribution in [1.29, 1.82) is 0 Å². The zero-order valence-corrected chi connectivity index (χ0v) is 24.7. The van der Waals surface area contributed by atoms with Crippen LogP contribution in [0.1, 0.15) is 38.1 Å². The van der Waals surface area contributed by atoms with E-state index in [9.17, 15) is 9.59 Å². The van der Waals surface area contributed by atoms with E-state index in [2.05, 4.69) is 20.7 Å². The highest BCUT2D eigenvalue weighted by molar-refractivity contribution is 5.88. The minimum atomic E-state index is -1.03. The third-order valence-corrected chi connectivity index (χ3v) is 6.36. The van der Waals surface area contributed by atoms with Crippen molar-refractivity contribution in [1.82, 2.24) is 30.4 Å². The molecule has 12 nitrogen and oxygen atoms in total. The first-order chi connectivity index (χ1) is 20.1. The molecule has 2 heterocycles. The van der Waals surface area contributed by atoms with Gasteiger partial charge in [0.15, 0.2) is 17.5 Å². The molecule has 0 bridgehead atoms. The summed E-state index contributed by atoms with van der Waals surface area (Å²) in [5.41, 5.74) is 1.07. The highest BCUT2D eigenvalue weighted by Crippen LogP contribution is 2.29. The number of carbonyl (C=O) groups excluding carboxylic acids is 2. The number of hydrogen-bond acceptors (Lipinski definition) is 9. The maximum absolute atomic E-state index is 13.9. The normalized spacial score (nSPS) is 12.0. The third kappa shape index (κ3) is 7.45. The molecule has 0 aliphatic heterocycles. The molecule has 0 radical (unpaired) electrons. The van der Waals surface area contributed by atoms with Crippen molar-refractivity contribution in [2.24, 2.45) is 0 Å². The van der Waals surface area contributed by atoms with Gasteiger partial charge in [0.1, 0.15) is 18.1 Å². The molecule has 0 saturated heterocycles. The summed E-state index contributed by atoms with van der Waals surface area (Å²) in [5.74, 6) is 1.79. The summed E-state index contributed by atoms with van der Waals surface area (Å²) in [6, 6.07) is 15.1. The summed E-state index contributed by atoms with van der Waals surface area (Å²) in [6.07, 6.45) is 1.90. The number of ether oxygens (including phenoxy) is 3. The van der Waals surface area contributed by atoms with Gasteiger partial charge in [-0.3, -0.25) is 9.59 Å².